The molecule has 19 heavy (non-hydrogen) atoms. The second-order valence-corrected chi connectivity index (χ2v) is 4.28. The van der Waals surface area contributed by atoms with E-state index in [9.17, 15) is 9.90 Å². The molecule has 0 unspecified atom stereocenters. The smallest absolute Gasteiger partial charge is 0.261 e. The lowest BCUT2D eigenvalue weighted by molar-refractivity contribution is 0.102. The molecule has 0 saturated carbocycles. The van der Waals surface area contributed by atoms with Gasteiger partial charge in [0.25, 0.3) is 5.91 Å². The summed E-state index contributed by atoms with van der Waals surface area (Å²) in [6.45, 7) is 5.40. The molecule has 0 spiro atoms. The normalized spacial score (nSPS) is 10.3. The highest BCUT2D eigenvalue weighted by molar-refractivity contribution is 6.05. The van der Waals surface area contributed by atoms with Crippen molar-refractivity contribution >= 4 is 11.9 Å². The highest BCUT2D eigenvalue weighted by Gasteiger charge is 2.13. The molecular formula is C13H14N4O2. The summed E-state index contributed by atoms with van der Waals surface area (Å²) in [7, 11) is 0. The summed E-state index contributed by atoms with van der Waals surface area (Å²) in [5, 5.41) is 19.8. The third kappa shape index (κ3) is 2.85. The van der Waals surface area contributed by atoms with Crippen molar-refractivity contribution in [1.29, 1.82) is 0 Å². The molecule has 6 heteroatoms. The number of aryl methyl sites for hydroxylation is 3. The fourth-order valence-corrected chi connectivity index (χ4v) is 1.51. The molecule has 0 atom stereocenters. The number of hydrogen-bond acceptors (Lipinski definition) is 5. The number of carbonyl (C=O) groups excluding carboxylic acids is 1. The van der Waals surface area contributed by atoms with Crippen molar-refractivity contribution < 1.29 is 9.90 Å². The number of anilines is 1. The van der Waals surface area contributed by atoms with Crippen LogP contribution in [-0.4, -0.2) is 26.2 Å². The van der Waals surface area contributed by atoms with E-state index in [4.69, 9.17) is 0 Å². The Morgan fingerprint density at radius 1 is 1.16 bits per heavy atom. The van der Waals surface area contributed by atoms with Gasteiger partial charge in [-0.15, -0.1) is 5.10 Å². The molecule has 2 aromatic rings. The first kappa shape index (κ1) is 12.9. The van der Waals surface area contributed by atoms with Gasteiger partial charge in [0.05, 0.1) is 17.0 Å². The van der Waals surface area contributed by atoms with E-state index in [2.05, 4.69) is 20.5 Å². The summed E-state index contributed by atoms with van der Waals surface area (Å²) >= 11 is 0. The number of aromatic nitrogens is 3. The second-order valence-electron chi connectivity index (χ2n) is 4.28. The fourth-order valence-electron chi connectivity index (χ4n) is 1.51. The van der Waals surface area contributed by atoms with Crippen LogP contribution in [0, 0.1) is 20.8 Å². The van der Waals surface area contributed by atoms with E-state index < -0.39 is 5.91 Å². The van der Waals surface area contributed by atoms with Gasteiger partial charge in [0.2, 0.25) is 5.95 Å². The Kier molecular flexibility index (Phi) is 3.41. The van der Waals surface area contributed by atoms with Crippen LogP contribution in [0.1, 0.15) is 27.3 Å². The van der Waals surface area contributed by atoms with Gasteiger partial charge >= 0.3 is 0 Å². The Hall–Kier alpha value is -2.50. The number of phenolic OH excluding ortho intramolecular Hbond substituents is 1. The van der Waals surface area contributed by atoms with Gasteiger partial charge < -0.3 is 5.11 Å². The summed E-state index contributed by atoms with van der Waals surface area (Å²) in [6.07, 6.45) is 0. The number of amides is 1. The minimum absolute atomic E-state index is 0.0834. The van der Waals surface area contributed by atoms with Gasteiger partial charge in [-0.2, -0.15) is 5.10 Å². The standard InChI is InChI=1S/C13H14N4O2/c1-7-4-5-11(18)10(6-7)12(19)15-13-14-8(2)9(3)16-17-13/h4-6,18H,1-3H3,(H,14,15,17,19). The van der Waals surface area contributed by atoms with Gasteiger partial charge in [0.15, 0.2) is 0 Å². The van der Waals surface area contributed by atoms with Crippen molar-refractivity contribution in [3.63, 3.8) is 0 Å². The van der Waals surface area contributed by atoms with E-state index in [1.807, 2.05) is 6.92 Å². The Morgan fingerprint density at radius 2 is 1.89 bits per heavy atom. The molecule has 0 saturated heterocycles. The number of nitrogens with one attached hydrogen (secondary N) is 1. The fraction of sp³-hybridized carbons (Fsp3) is 0.231. The Labute approximate surface area is 110 Å². The molecule has 0 radical (unpaired) electrons. The zero-order chi connectivity index (χ0) is 14.0. The average molecular weight is 258 g/mol. The van der Waals surface area contributed by atoms with Crippen LogP contribution in [0.3, 0.4) is 0 Å². The molecule has 1 aromatic heterocycles. The zero-order valence-corrected chi connectivity index (χ0v) is 10.9. The molecule has 6 nitrogen and oxygen atoms in total. The van der Waals surface area contributed by atoms with Crippen LogP contribution < -0.4 is 5.32 Å². The lowest BCUT2D eigenvalue weighted by atomic mass is 10.1. The lowest BCUT2D eigenvalue weighted by Crippen LogP contribution is -2.16. The number of nitrogens with zero attached hydrogens (tertiary/aromatic N) is 3. The van der Waals surface area contributed by atoms with E-state index in [1.54, 1.807) is 26.0 Å². The Morgan fingerprint density at radius 3 is 2.58 bits per heavy atom. The molecular weight excluding hydrogens is 244 g/mol. The van der Waals surface area contributed by atoms with Crippen LogP contribution in [0.5, 0.6) is 5.75 Å². The van der Waals surface area contributed by atoms with Crippen molar-refractivity contribution in [1.82, 2.24) is 15.2 Å². The summed E-state index contributed by atoms with van der Waals surface area (Å²) < 4.78 is 0. The first-order valence-electron chi connectivity index (χ1n) is 5.76. The summed E-state index contributed by atoms with van der Waals surface area (Å²) in [5.74, 6) is -0.430. The predicted octanol–water partition coefficient (Wildman–Crippen LogP) is 1.75. The first-order valence-corrected chi connectivity index (χ1v) is 5.76. The highest BCUT2D eigenvalue weighted by Crippen LogP contribution is 2.19. The van der Waals surface area contributed by atoms with Gasteiger partial charge in [-0.25, -0.2) is 4.98 Å². The van der Waals surface area contributed by atoms with Crippen molar-refractivity contribution in [3.8, 4) is 5.75 Å². The molecule has 2 rings (SSSR count). The van der Waals surface area contributed by atoms with E-state index >= 15 is 0 Å². The SMILES string of the molecule is Cc1ccc(O)c(C(=O)Nc2nnc(C)c(C)n2)c1. The van der Waals surface area contributed by atoms with Gasteiger partial charge in [-0.1, -0.05) is 11.6 Å². The first-order chi connectivity index (χ1) is 8.97. The van der Waals surface area contributed by atoms with Crippen molar-refractivity contribution in [2.75, 3.05) is 5.32 Å². The van der Waals surface area contributed by atoms with E-state index in [1.165, 1.54) is 6.07 Å². The second kappa shape index (κ2) is 5.01. The highest BCUT2D eigenvalue weighted by atomic mass is 16.3. The molecule has 1 heterocycles. The predicted molar refractivity (Wildman–Crippen MR) is 70.1 cm³/mol. The van der Waals surface area contributed by atoms with Crippen LogP contribution in [-0.2, 0) is 0 Å². The monoisotopic (exact) mass is 258 g/mol. The molecule has 0 aliphatic carbocycles. The van der Waals surface area contributed by atoms with Gasteiger partial charge in [-0.3, -0.25) is 10.1 Å². The van der Waals surface area contributed by atoms with Crippen LogP contribution in [0.2, 0.25) is 0 Å². The number of phenols is 1. The number of benzene rings is 1. The largest absolute Gasteiger partial charge is 0.507 e. The zero-order valence-electron chi connectivity index (χ0n) is 10.9. The molecule has 0 bridgehead atoms. The topological polar surface area (TPSA) is 88.0 Å². The summed E-state index contributed by atoms with van der Waals surface area (Å²) in [6, 6.07) is 4.79. The van der Waals surface area contributed by atoms with Crippen LogP contribution in [0.25, 0.3) is 0 Å². The average Bonchev–Trinajstić information content (AvgIpc) is 2.36. The molecule has 98 valence electrons. The maximum Gasteiger partial charge on any atom is 0.261 e. The van der Waals surface area contributed by atoms with E-state index in [0.29, 0.717) is 11.4 Å². The lowest BCUT2D eigenvalue weighted by Gasteiger charge is -2.07. The van der Waals surface area contributed by atoms with Gasteiger partial charge in [0.1, 0.15) is 5.75 Å². The van der Waals surface area contributed by atoms with Gasteiger partial charge in [-0.05, 0) is 32.9 Å². The maximum atomic E-state index is 12.0. The van der Waals surface area contributed by atoms with Gasteiger partial charge in [0, 0.05) is 0 Å². The molecule has 1 aromatic carbocycles. The number of carbonyl (C=O) groups is 1. The van der Waals surface area contributed by atoms with Crippen LogP contribution in [0.15, 0.2) is 18.2 Å². The third-order valence-corrected chi connectivity index (χ3v) is 2.71. The van der Waals surface area contributed by atoms with E-state index in [-0.39, 0.29) is 17.3 Å². The third-order valence-electron chi connectivity index (χ3n) is 2.71. The summed E-state index contributed by atoms with van der Waals surface area (Å²) in [5.41, 5.74) is 2.46. The van der Waals surface area contributed by atoms with Crippen LogP contribution >= 0.6 is 0 Å². The molecule has 1 amide bonds. The van der Waals surface area contributed by atoms with Crippen molar-refractivity contribution in [3.05, 3.63) is 40.7 Å². The minimum atomic E-state index is -0.466. The summed E-state index contributed by atoms with van der Waals surface area (Å²) in [4.78, 5) is 16.1. The quantitative estimate of drug-likeness (QED) is 0.856. The number of rotatable bonds is 2. The Bertz CT molecular complexity index is 641. The minimum Gasteiger partial charge on any atom is -0.507 e. The maximum absolute atomic E-state index is 12.0. The number of hydrogen-bond donors (Lipinski definition) is 2. The number of aromatic hydroxyl groups is 1. The van der Waals surface area contributed by atoms with E-state index in [0.717, 1.165) is 5.56 Å². The van der Waals surface area contributed by atoms with Crippen molar-refractivity contribution in [2.45, 2.75) is 20.8 Å². The molecule has 0 aliphatic heterocycles. The van der Waals surface area contributed by atoms with Crippen molar-refractivity contribution in [2.24, 2.45) is 0 Å². The molecule has 2 N–H and O–H groups in total. The molecule has 0 fully saturated rings. The Balaban J connectivity index is 2.25. The van der Waals surface area contributed by atoms with Crippen LogP contribution in [0.4, 0.5) is 5.95 Å². The molecule has 0 aliphatic rings.